The zero-order chi connectivity index (χ0) is 19.3. The Bertz CT molecular complexity index is 887. The predicted octanol–water partition coefficient (Wildman–Crippen LogP) is 4.87. The number of piperidine rings is 1. The van der Waals surface area contributed by atoms with Crippen LogP contribution in [0.5, 0.6) is 0 Å². The molecule has 0 unspecified atom stereocenters. The van der Waals surface area contributed by atoms with Crippen LogP contribution in [0.2, 0.25) is 0 Å². The maximum atomic E-state index is 13.7. The number of halogens is 1. The third kappa shape index (κ3) is 4.18. The van der Waals surface area contributed by atoms with Gasteiger partial charge in [-0.1, -0.05) is 54.6 Å². The lowest BCUT2D eigenvalue weighted by Gasteiger charge is -2.42. The molecule has 0 radical (unpaired) electrons. The molecule has 0 bridgehead atoms. The molecule has 28 heavy (non-hydrogen) atoms. The molecule has 144 valence electrons. The molecule has 0 spiro atoms. The molecule has 3 aromatic rings. The smallest absolute Gasteiger partial charge is 0.125 e. The topological polar surface area (TPSA) is 35.5 Å². The molecule has 1 aliphatic heterocycles. The molecule has 4 rings (SSSR count). The summed E-state index contributed by atoms with van der Waals surface area (Å²) in [6, 6.07) is 26.9. The van der Waals surface area contributed by atoms with Crippen LogP contribution >= 0.6 is 0 Å². The van der Waals surface area contributed by atoms with Crippen LogP contribution in [0.25, 0.3) is 0 Å². The number of para-hydroxylation sites is 1. The third-order valence-electron chi connectivity index (χ3n) is 5.48. The monoisotopic (exact) mass is 376 g/mol. The fourth-order valence-corrected chi connectivity index (χ4v) is 4.02. The fraction of sp³-hybridized carbons (Fsp3) is 0.250. The van der Waals surface area contributed by atoms with E-state index in [0.29, 0.717) is 19.5 Å². The maximum Gasteiger partial charge on any atom is 0.125 e. The summed E-state index contributed by atoms with van der Waals surface area (Å²) in [7, 11) is 0. The van der Waals surface area contributed by atoms with Crippen LogP contribution in [-0.4, -0.2) is 24.3 Å². The van der Waals surface area contributed by atoms with Crippen molar-refractivity contribution >= 4 is 11.4 Å². The first-order valence-electron chi connectivity index (χ1n) is 9.76. The van der Waals surface area contributed by atoms with E-state index in [1.54, 1.807) is 12.1 Å². The summed E-state index contributed by atoms with van der Waals surface area (Å²) in [6.07, 6.45) is 0.229. The van der Waals surface area contributed by atoms with Gasteiger partial charge >= 0.3 is 0 Å². The number of nitrogens with one attached hydrogen (secondary N) is 1. The van der Waals surface area contributed by atoms with Crippen molar-refractivity contribution in [2.45, 2.75) is 18.6 Å². The molecule has 0 saturated carbocycles. The summed E-state index contributed by atoms with van der Waals surface area (Å²) < 4.78 is 13.7. The molecule has 3 nitrogen and oxygen atoms in total. The summed E-state index contributed by atoms with van der Waals surface area (Å²) in [5, 5.41) is 14.5. The summed E-state index contributed by atoms with van der Waals surface area (Å²) in [5.74, 6) is -0.262. The molecular formula is C24H25FN2O. The van der Waals surface area contributed by atoms with Gasteiger partial charge in [-0.15, -0.1) is 0 Å². The van der Waals surface area contributed by atoms with Crippen molar-refractivity contribution in [2.75, 3.05) is 23.3 Å². The fourth-order valence-electron chi connectivity index (χ4n) is 4.02. The Kier molecular flexibility index (Phi) is 5.58. The first-order chi connectivity index (χ1) is 13.7. The van der Waals surface area contributed by atoms with E-state index < -0.39 is 6.10 Å². The van der Waals surface area contributed by atoms with Crippen LogP contribution < -0.4 is 10.2 Å². The minimum atomic E-state index is -0.425. The van der Waals surface area contributed by atoms with Crippen LogP contribution in [0.1, 0.15) is 18.0 Å². The van der Waals surface area contributed by atoms with Crippen molar-refractivity contribution < 1.29 is 9.50 Å². The Hall–Kier alpha value is -2.85. The van der Waals surface area contributed by atoms with E-state index in [1.165, 1.54) is 6.07 Å². The molecule has 3 aromatic carbocycles. The quantitative estimate of drug-likeness (QED) is 0.667. The largest absolute Gasteiger partial charge is 0.393 e. The number of benzene rings is 3. The highest BCUT2D eigenvalue weighted by Gasteiger charge is 2.35. The third-order valence-corrected chi connectivity index (χ3v) is 5.48. The van der Waals surface area contributed by atoms with Crippen molar-refractivity contribution in [3.63, 3.8) is 0 Å². The maximum absolute atomic E-state index is 13.7. The van der Waals surface area contributed by atoms with E-state index in [9.17, 15) is 9.50 Å². The van der Waals surface area contributed by atoms with Gasteiger partial charge < -0.3 is 15.3 Å². The van der Waals surface area contributed by atoms with Crippen LogP contribution in [0.15, 0.2) is 84.9 Å². The second kappa shape index (κ2) is 8.44. The van der Waals surface area contributed by atoms with Gasteiger partial charge in [-0.3, -0.25) is 0 Å². The van der Waals surface area contributed by atoms with Gasteiger partial charge in [0.15, 0.2) is 0 Å². The molecule has 1 saturated heterocycles. The minimum absolute atomic E-state index is 0.0281. The van der Waals surface area contributed by atoms with Crippen molar-refractivity contribution in [1.29, 1.82) is 0 Å². The Morgan fingerprint density at radius 3 is 2.36 bits per heavy atom. The Morgan fingerprint density at radius 2 is 1.64 bits per heavy atom. The summed E-state index contributed by atoms with van der Waals surface area (Å²) >= 11 is 0. The van der Waals surface area contributed by atoms with Crippen molar-refractivity contribution in [2.24, 2.45) is 5.92 Å². The number of nitrogens with zero attached hydrogens (tertiary/aromatic N) is 1. The summed E-state index contributed by atoms with van der Waals surface area (Å²) in [4.78, 5) is 2.17. The number of anilines is 2. The van der Waals surface area contributed by atoms with Crippen molar-refractivity contribution in [3.05, 3.63) is 96.3 Å². The molecule has 0 aliphatic carbocycles. The van der Waals surface area contributed by atoms with E-state index in [-0.39, 0.29) is 17.8 Å². The highest BCUT2D eigenvalue weighted by Crippen LogP contribution is 2.35. The average molecular weight is 376 g/mol. The second-order valence-corrected chi connectivity index (χ2v) is 7.34. The van der Waals surface area contributed by atoms with E-state index in [4.69, 9.17) is 0 Å². The first-order valence-corrected chi connectivity index (χ1v) is 9.76. The highest BCUT2D eigenvalue weighted by atomic mass is 19.1. The first kappa shape index (κ1) is 18.5. The van der Waals surface area contributed by atoms with E-state index in [2.05, 4.69) is 22.3 Å². The van der Waals surface area contributed by atoms with E-state index in [1.807, 2.05) is 54.6 Å². The average Bonchev–Trinajstić information content (AvgIpc) is 2.74. The van der Waals surface area contributed by atoms with Crippen molar-refractivity contribution in [3.8, 4) is 0 Å². The molecule has 1 fully saturated rings. The minimum Gasteiger partial charge on any atom is -0.393 e. The number of rotatable bonds is 5. The second-order valence-electron chi connectivity index (χ2n) is 7.34. The van der Waals surface area contributed by atoms with Crippen LogP contribution in [0, 0.1) is 11.7 Å². The summed E-state index contributed by atoms with van der Waals surface area (Å²) in [6.45, 7) is 1.37. The lowest BCUT2D eigenvalue weighted by molar-refractivity contribution is 0.0775. The predicted molar refractivity (Wildman–Crippen MR) is 112 cm³/mol. The van der Waals surface area contributed by atoms with Gasteiger partial charge in [-0.2, -0.15) is 0 Å². The molecule has 4 heteroatoms. The number of aliphatic hydroxyl groups excluding tert-OH is 1. The zero-order valence-electron chi connectivity index (χ0n) is 15.7. The highest BCUT2D eigenvalue weighted by molar-refractivity contribution is 5.49. The lowest BCUT2D eigenvalue weighted by atomic mass is 9.83. The Morgan fingerprint density at radius 1 is 0.929 bits per heavy atom. The van der Waals surface area contributed by atoms with Crippen LogP contribution in [0.4, 0.5) is 15.8 Å². The Labute approximate surface area is 165 Å². The number of hydrogen-bond donors (Lipinski definition) is 2. The zero-order valence-corrected chi connectivity index (χ0v) is 15.7. The van der Waals surface area contributed by atoms with Gasteiger partial charge in [0, 0.05) is 30.4 Å². The van der Waals surface area contributed by atoms with E-state index in [0.717, 1.165) is 16.9 Å². The molecular weight excluding hydrogens is 351 g/mol. The van der Waals surface area contributed by atoms with Gasteiger partial charge in [0.05, 0.1) is 12.1 Å². The molecule has 0 amide bonds. The SMILES string of the molecule is O[C@@H]1CCN(c2cccc(F)c2)C[C@H]1[C@H](Nc1ccccc1)c1ccccc1. The molecule has 3 atom stereocenters. The van der Waals surface area contributed by atoms with Gasteiger partial charge in [0.25, 0.3) is 0 Å². The lowest BCUT2D eigenvalue weighted by Crippen LogP contribution is -2.47. The molecule has 2 N–H and O–H groups in total. The van der Waals surface area contributed by atoms with Gasteiger partial charge in [0.1, 0.15) is 5.82 Å². The van der Waals surface area contributed by atoms with Gasteiger partial charge in [0.2, 0.25) is 0 Å². The number of aliphatic hydroxyl groups is 1. The molecule has 0 aromatic heterocycles. The summed E-state index contributed by atoms with van der Waals surface area (Å²) in [5.41, 5.74) is 3.02. The van der Waals surface area contributed by atoms with Gasteiger partial charge in [-0.05, 0) is 42.3 Å². The van der Waals surface area contributed by atoms with Crippen LogP contribution in [0.3, 0.4) is 0 Å². The van der Waals surface area contributed by atoms with E-state index >= 15 is 0 Å². The molecule has 1 heterocycles. The van der Waals surface area contributed by atoms with Gasteiger partial charge in [-0.25, -0.2) is 4.39 Å². The normalized spacial score (nSPS) is 20.6. The van der Waals surface area contributed by atoms with Crippen LogP contribution in [-0.2, 0) is 0 Å². The molecule has 1 aliphatic rings. The van der Waals surface area contributed by atoms with Crippen molar-refractivity contribution in [1.82, 2.24) is 0 Å². The number of hydrogen-bond acceptors (Lipinski definition) is 3. The Balaban J connectivity index is 1.63. The standard InChI is InChI=1S/C24H25FN2O/c25-19-10-7-13-21(16-19)27-15-14-23(28)22(17-27)24(18-8-3-1-4-9-18)26-20-11-5-2-6-12-20/h1-13,16,22-24,26,28H,14-15,17H2/t22-,23-,24-/m1/s1.